The Morgan fingerprint density at radius 2 is 1.67 bits per heavy atom. The van der Waals surface area contributed by atoms with Crippen LogP contribution in [-0.4, -0.2) is 74.7 Å². The molecule has 2 amide bonds. The first kappa shape index (κ1) is 27.3. The molecule has 0 bridgehead atoms. The highest BCUT2D eigenvalue weighted by Gasteiger charge is 2.32. The van der Waals surface area contributed by atoms with Gasteiger partial charge in [-0.1, -0.05) is 13.8 Å². The molecule has 7 nitrogen and oxygen atoms in total. The summed E-state index contributed by atoms with van der Waals surface area (Å²) in [6.07, 6.45) is -4.93. The van der Waals surface area contributed by atoms with Crippen molar-refractivity contribution >= 4 is 11.8 Å². The third kappa shape index (κ3) is 6.90. The highest BCUT2D eigenvalue weighted by Crippen LogP contribution is 2.29. The van der Waals surface area contributed by atoms with Crippen molar-refractivity contribution in [2.75, 3.05) is 47.0 Å². The fraction of sp³-hybridized carbons (Fsp3) is 0.462. The number of hydrogen-bond acceptors (Lipinski definition) is 5. The van der Waals surface area contributed by atoms with Gasteiger partial charge >= 0.3 is 6.18 Å². The van der Waals surface area contributed by atoms with E-state index in [0.717, 1.165) is 12.1 Å². The molecule has 3 rings (SSSR count). The minimum Gasteiger partial charge on any atom is -0.497 e. The summed E-state index contributed by atoms with van der Waals surface area (Å²) >= 11 is 0. The van der Waals surface area contributed by atoms with Gasteiger partial charge in [0.2, 0.25) is 0 Å². The van der Waals surface area contributed by atoms with E-state index in [4.69, 9.17) is 14.2 Å². The molecular formula is C26H31F3N2O5. The molecule has 0 spiro atoms. The van der Waals surface area contributed by atoms with E-state index in [0.29, 0.717) is 36.8 Å². The number of carbonyl (C=O) groups is 2. The lowest BCUT2D eigenvalue weighted by Gasteiger charge is -2.36. The Morgan fingerprint density at radius 3 is 2.19 bits per heavy atom. The number of benzene rings is 2. The summed E-state index contributed by atoms with van der Waals surface area (Å²) < 4.78 is 55.1. The van der Waals surface area contributed by atoms with Gasteiger partial charge in [0, 0.05) is 43.4 Å². The molecule has 1 unspecified atom stereocenters. The molecule has 1 aliphatic heterocycles. The molecule has 10 heteroatoms. The number of carbonyl (C=O) groups excluding carboxylic acids is 2. The quantitative estimate of drug-likeness (QED) is 0.530. The molecule has 1 saturated heterocycles. The minimum atomic E-state index is -4.47. The SMILES string of the molecule is COc1cc(OC)cc(C(=O)N2CCOC(CN(CC(C)C)C(=O)c3ccc(C(F)(F)F)cc3)C2)c1. The molecule has 0 aromatic heterocycles. The molecule has 1 aliphatic rings. The second kappa shape index (κ2) is 11.6. The zero-order valence-electron chi connectivity index (χ0n) is 20.8. The van der Waals surface area contributed by atoms with E-state index >= 15 is 0 Å². The van der Waals surface area contributed by atoms with Gasteiger partial charge in [-0.05, 0) is 42.3 Å². The number of morpholine rings is 1. The first-order chi connectivity index (χ1) is 17.0. The van der Waals surface area contributed by atoms with E-state index in [1.165, 1.54) is 26.4 Å². The van der Waals surface area contributed by atoms with E-state index in [1.54, 1.807) is 28.0 Å². The second-order valence-electron chi connectivity index (χ2n) is 9.02. The Kier molecular flexibility index (Phi) is 8.84. The van der Waals surface area contributed by atoms with Crippen molar-refractivity contribution < 1.29 is 37.0 Å². The minimum absolute atomic E-state index is 0.119. The summed E-state index contributed by atoms with van der Waals surface area (Å²) in [5.74, 6) is 0.501. The van der Waals surface area contributed by atoms with Gasteiger partial charge in [-0.25, -0.2) is 0 Å². The lowest BCUT2D eigenvalue weighted by molar-refractivity contribution is -0.137. The number of amides is 2. The van der Waals surface area contributed by atoms with Gasteiger partial charge in [-0.3, -0.25) is 9.59 Å². The summed E-state index contributed by atoms with van der Waals surface area (Å²) in [5.41, 5.74) is -0.240. The third-order valence-electron chi connectivity index (χ3n) is 5.78. The van der Waals surface area contributed by atoms with E-state index in [1.807, 2.05) is 13.8 Å². The van der Waals surface area contributed by atoms with E-state index in [9.17, 15) is 22.8 Å². The van der Waals surface area contributed by atoms with Crippen LogP contribution in [0, 0.1) is 5.92 Å². The van der Waals surface area contributed by atoms with Gasteiger partial charge < -0.3 is 24.0 Å². The third-order valence-corrected chi connectivity index (χ3v) is 5.78. The highest BCUT2D eigenvalue weighted by atomic mass is 19.4. The fourth-order valence-electron chi connectivity index (χ4n) is 4.04. The summed E-state index contributed by atoms with van der Waals surface area (Å²) in [5, 5.41) is 0. The summed E-state index contributed by atoms with van der Waals surface area (Å²) in [7, 11) is 3.01. The predicted molar refractivity (Wildman–Crippen MR) is 127 cm³/mol. The Hall–Kier alpha value is -3.27. The van der Waals surface area contributed by atoms with Crippen LogP contribution in [0.4, 0.5) is 13.2 Å². The van der Waals surface area contributed by atoms with Crippen LogP contribution in [0.1, 0.15) is 40.1 Å². The van der Waals surface area contributed by atoms with E-state index in [-0.39, 0.29) is 36.4 Å². The maximum Gasteiger partial charge on any atom is 0.416 e. The molecule has 2 aromatic carbocycles. The number of rotatable bonds is 8. The molecule has 196 valence electrons. The van der Waals surface area contributed by atoms with Crippen LogP contribution in [0.25, 0.3) is 0 Å². The smallest absolute Gasteiger partial charge is 0.416 e. The molecule has 0 saturated carbocycles. The average Bonchev–Trinajstić information content (AvgIpc) is 2.86. The molecule has 1 atom stereocenters. The zero-order chi connectivity index (χ0) is 26.5. The molecule has 0 radical (unpaired) electrons. The topological polar surface area (TPSA) is 68.3 Å². The molecule has 1 heterocycles. The maximum atomic E-state index is 13.2. The number of nitrogens with zero attached hydrogens (tertiary/aromatic N) is 2. The van der Waals surface area contributed by atoms with Gasteiger partial charge in [-0.15, -0.1) is 0 Å². The van der Waals surface area contributed by atoms with Crippen molar-refractivity contribution in [3.8, 4) is 11.5 Å². The highest BCUT2D eigenvalue weighted by molar-refractivity contribution is 5.95. The van der Waals surface area contributed by atoms with Gasteiger partial charge in [0.05, 0.1) is 32.5 Å². The number of methoxy groups -OCH3 is 2. The van der Waals surface area contributed by atoms with Crippen molar-refractivity contribution in [1.82, 2.24) is 9.80 Å². The maximum absolute atomic E-state index is 13.2. The van der Waals surface area contributed by atoms with Gasteiger partial charge in [0.1, 0.15) is 11.5 Å². The summed E-state index contributed by atoms with van der Waals surface area (Å²) in [6.45, 7) is 5.41. The van der Waals surface area contributed by atoms with E-state index < -0.39 is 17.8 Å². The Morgan fingerprint density at radius 1 is 1.06 bits per heavy atom. The Labute approximate surface area is 208 Å². The van der Waals surface area contributed by atoms with Crippen LogP contribution >= 0.6 is 0 Å². The molecule has 36 heavy (non-hydrogen) atoms. The van der Waals surface area contributed by atoms with Crippen molar-refractivity contribution in [3.05, 3.63) is 59.2 Å². The normalized spacial score (nSPS) is 16.1. The lowest BCUT2D eigenvalue weighted by atomic mass is 10.1. The van der Waals surface area contributed by atoms with Crippen LogP contribution in [0.2, 0.25) is 0 Å². The predicted octanol–water partition coefficient (Wildman–Crippen LogP) is 4.36. The van der Waals surface area contributed by atoms with Crippen molar-refractivity contribution in [2.45, 2.75) is 26.1 Å². The largest absolute Gasteiger partial charge is 0.497 e. The standard InChI is InChI=1S/C26H31F3N2O5/c1-17(2)14-31(24(32)18-5-7-20(8-6-18)26(27,28)29)16-23-15-30(9-10-36-23)25(33)19-11-21(34-3)13-22(12-19)35-4/h5-8,11-13,17,23H,9-10,14-16H2,1-4H3. The molecule has 1 fully saturated rings. The van der Waals surface area contributed by atoms with Crippen molar-refractivity contribution in [3.63, 3.8) is 0 Å². The van der Waals surface area contributed by atoms with Gasteiger partial charge in [0.25, 0.3) is 11.8 Å². The number of halogens is 3. The summed E-state index contributed by atoms with van der Waals surface area (Å²) in [6, 6.07) is 9.12. The van der Waals surface area contributed by atoms with E-state index in [2.05, 4.69) is 0 Å². The van der Waals surface area contributed by atoms with Crippen LogP contribution in [-0.2, 0) is 10.9 Å². The molecular weight excluding hydrogens is 477 g/mol. The van der Waals surface area contributed by atoms with Crippen LogP contribution in [0.5, 0.6) is 11.5 Å². The lowest BCUT2D eigenvalue weighted by Crippen LogP contribution is -2.51. The first-order valence-corrected chi connectivity index (χ1v) is 11.6. The molecule has 2 aromatic rings. The fourth-order valence-corrected chi connectivity index (χ4v) is 4.04. The number of ether oxygens (including phenoxy) is 3. The Balaban J connectivity index is 1.74. The van der Waals surface area contributed by atoms with Crippen molar-refractivity contribution in [2.24, 2.45) is 5.92 Å². The van der Waals surface area contributed by atoms with Crippen molar-refractivity contribution in [1.29, 1.82) is 0 Å². The zero-order valence-corrected chi connectivity index (χ0v) is 20.8. The Bertz CT molecular complexity index is 1030. The van der Waals surface area contributed by atoms with Crippen LogP contribution in [0.3, 0.4) is 0 Å². The average molecular weight is 509 g/mol. The van der Waals surface area contributed by atoms with Gasteiger partial charge in [0.15, 0.2) is 0 Å². The monoisotopic (exact) mass is 508 g/mol. The number of alkyl halides is 3. The number of hydrogen-bond donors (Lipinski definition) is 0. The molecule has 0 N–H and O–H groups in total. The summed E-state index contributed by atoms with van der Waals surface area (Å²) in [4.78, 5) is 29.6. The van der Waals surface area contributed by atoms with Crippen LogP contribution in [0.15, 0.2) is 42.5 Å². The van der Waals surface area contributed by atoms with Crippen LogP contribution < -0.4 is 9.47 Å². The van der Waals surface area contributed by atoms with Gasteiger partial charge in [-0.2, -0.15) is 13.2 Å². The first-order valence-electron chi connectivity index (χ1n) is 11.6. The molecule has 0 aliphatic carbocycles. The second-order valence-corrected chi connectivity index (χ2v) is 9.02.